The van der Waals surface area contributed by atoms with Crippen molar-refractivity contribution in [3.05, 3.63) is 27.7 Å². The van der Waals surface area contributed by atoms with Crippen LogP contribution in [0.3, 0.4) is 0 Å². The van der Waals surface area contributed by atoms with E-state index in [1.165, 1.54) is 5.56 Å². The highest BCUT2D eigenvalue weighted by Gasteiger charge is 2.09. The van der Waals surface area contributed by atoms with Crippen LogP contribution in [0.4, 0.5) is 0 Å². The Morgan fingerprint density at radius 2 is 2.00 bits per heavy atom. The molecule has 1 nitrogen and oxygen atoms in total. The molecule has 0 heterocycles. The van der Waals surface area contributed by atoms with Crippen LogP contribution in [0.15, 0.2) is 16.6 Å². The zero-order valence-corrected chi connectivity index (χ0v) is 11.3. The van der Waals surface area contributed by atoms with Gasteiger partial charge in [0, 0.05) is 4.47 Å². The van der Waals surface area contributed by atoms with Crippen LogP contribution in [0.5, 0.6) is 5.75 Å². The van der Waals surface area contributed by atoms with Gasteiger partial charge < -0.3 is 5.11 Å². The molecule has 1 N–H and O–H groups in total. The molecule has 0 aliphatic rings. The number of phenolic OH excluding ortho intramolecular Hbond substituents is 1. The highest BCUT2D eigenvalue weighted by atomic mass is 79.9. The first-order valence-electron chi connectivity index (χ1n) is 5.57. The molecule has 1 rings (SSSR count). The fourth-order valence-electron chi connectivity index (χ4n) is 1.63. The molecule has 15 heavy (non-hydrogen) atoms. The first-order valence-corrected chi connectivity index (χ1v) is 6.36. The fraction of sp³-hybridized carbons (Fsp3) is 0.538. The van der Waals surface area contributed by atoms with Gasteiger partial charge in [-0.25, -0.2) is 0 Å². The Morgan fingerprint density at radius 3 is 2.53 bits per heavy atom. The molecule has 1 aromatic carbocycles. The molecule has 0 unspecified atom stereocenters. The van der Waals surface area contributed by atoms with Gasteiger partial charge in [-0.2, -0.15) is 0 Å². The summed E-state index contributed by atoms with van der Waals surface area (Å²) in [5.74, 6) is 0.876. The molecule has 0 aliphatic carbocycles. The van der Waals surface area contributed by atoms with Crippen LogP contribution in [0.1, 0.15) is 50.7 Å². The number of benzene rings is 1. The van der Waals surface area contributed by atoms with E-state index in [1.54, 1.807) is 0 Å². The molecule has 0 atom stereocenters. The summed E-state index contributed by atoms with van der Waals surface area (Å²) in [5.41, 5.74) is 2.22. The molecule has 0 bridgehead atoms. The van der Waals surface area contributed by atoms with E-state index < -0.39 is 0 Å². The van der Waals surface area contributed by atoms with Crippen molar-refractivity contribution in [3.8, 4) is 5.75 Å². The summed E-state index contributed by atoms with van der Waals surface area (Å²) in [7, 11) is 0. The van der Waals surface area contributed by atoms with E-state index in [0.717, 1.165) is 29.3 Å². The Balaban J connectivity index is 2.97. The molecule has 0 radical (unpaired) electrons. The molecule has 1 aromatic rings. The summed E-state index contributed by atoms with van der Waals surface area (Å²) in [6.45, 7) is 6.42. The smallest absolute Gasteiger partial charge is 0.119 e. The molecule has 0 aliphatic heterocycles. The van der Waals surface area contributed by atoms with Gasteiger partial charge in [0.05, 0.1) is 0 Å². The van der Waals surface area contributed by atoms with Crippen LogP contribution in [0.25, 0.3) is 0 Å². The highest BCUT2D eigenvalue weighted by Crippen LogP contribution is 2.32. The quantitative estimate of drug-likeness (QED) is 0.847. The van der Waals surface area contributed by atoms with Crippen molar-refractivity contribution in [2.45, 2.75) is 46.0 Å². The number of phenols is 1. The SMILES string of the molecule is CCCCc1cc(Br)c(C(C)C)cc1O. The predicted molar refractivity (Wildman–Crippen MR) is 68.5 cm³/mol. The first-order chi connectivity index (χ1) is 7.06. The van der Waals surface area contributed by atoms with E-state index in [-0.39, 0.29) is 0 Å². The second-order valence-corrected chi connectivity index (χ2v) is 5.12. The Labute approximate surface area is 101 Å². The molecular weight excluding hydrogens is 252 g/mol. The van der Waals surface area contributed by atoms with Gasteiger partial charge >= 0.3 is 0 Å². The largest absolute Gasteiger partial charge is 0.508 e. The van der Waals surface area contributed by atoms with Gasteiger partial charge in [0.15, 0.2) is 0 Å². The fourth-order valence-corrected chi connectivity index (χ4v) is 2.48. The molecular formula is C13H19BrO. The van der Waals surface area contributed by atoms with Crippen molar-refractivity contribution < 1.29 is 5.11 Å². The number of aryl methyl sites for hydroxylation is 1. The van der Waals surface area contributed by atoms with Gasteiger partial charge in [-0.3, -0.25) is 0 Å². The molecule has 0 saturated heterocycles. The molecule has 2 heteroatoms. The van der Waals surface area contributed by atoms with E-state index in [2.05, 4.69) is 42.8 Å². The molecule has 0 aromatic heterocycles. The summed E-state index contributed by atoms with van der Waals surface area (Å²) in [6, 6.07) is 3.94. The summed E-state index contributed by atoms with van der Waals surface area (Å²) in [4.78, 5) is 0. The van der Waals surface area contributed by atoms with Crippen LogP contribution >= 0.6 is 15.9 Å². The zero-order chi connectivity index (χ0) is 11.4. The van der Waals surface area contributed by atoms with Gasteiger partial charge in [-0.1, -0.05) is 43.1 Å². The second kappa shape index (κ2) is 5.55. The average Bonchev–Trinajstić information content (AvgIpc) is 2.18. The van der Waals surface area contributed by atoms with Gasteiger partial charge in [0.1, 0.15) is 5.75 Å². The predicted octanol–water partition coefficient (Wildman–Crippen LogP) is 4.62. The van der Waals surface area contributed by atoms with Crippen molar-refractivity contribution in [2.24, 2.45) is 0 Å². The van der Waals surface area contributed by atoms with Gasteiger partial charge in [0.25, 0.3) is 0 Å². The van der Waals surface area contributed by atoms with Crippen molar-refractivity contribution >= 4 is 15.9 Å². The molecule has 84 valence electrons. The Morgan fingerprint density at radius 1 is 1.33 bits per heavy atom. The lowest BCUT2D eigenvalue weighted by Crippen LogP contribution is -1.93. The third-order valence-corrected chi connectivity index (χ3v) is 3.31. The van der Waals surface area contributed by atoms with Crippen LogP contribution in [-0.4, -0.2) is 5.11 Å². The lowest BCUT2D eigenvalue weighted by atomic mass is 9.99. The summed E-state index contributed by atoms with van der Waals surface area (Å²) < 4.78 is 1.11. The molecule has 0 amide bonds. The zero-order valence-electron chi connectivity index (χ0n) is 9.68. The van der Waals surface area contributed by atoms with Crippen molar-refractivity contribution in [1.29, 1.82) is 0 Å². The van der Waals surface area contributed by atoms with E-state index in [9.17, 15) is 5.11 Å². The maximum Gasteiger partial charge on any atom is 0.119 e. The number of unbranched alkanes of at least 4 members (excludes halogenated alkanes) is 1. The number of hydrogen-bond acceptors (Lipinski definition) is 1. The lowest BCUT2D eigenvalue weighted by molar-refractivity contribution is 0.465. The number of halogens is 1. The van der Waals surface area contributed by atoms with Crippen molar-refractivity contribution in [2.75, 3.05) is 0 Å². The highest BCUT2D eigenvalue weighted by molar-refractivity contribution is 9.10. The monoisotopic (exact) mass is 270 g/mol. The van der Waals surface area contributed by atoms with Crippen LogP contribution < -0.4 is 0 Å². The summed E-state index contributed by atoms with van der Waals surface area (Å²) >= 11 is 3.56. The summed E-state index contributed by atoms with van der Waals surface area (Å²) in [5, 5.41) is 9.87. The number of hydrogen-bond donors (Lipinski definition) is 1. The minimum atomic E-state index is 0.436. The van der Waals surface area contributed by atoms with E-state index in [0.29, 0.717) is 11.7 Å². The number of rotatable bonds is 4. The van der Waals surface area contributed by atoms with Crippen molar-refractivity contribution in [3.63, 3.8) is 0 Å². The van der Waals surface area contributed by atoms with Crippen LogP contribution in [0.2, 0.25) is 0 Å². The normalized spacial score (nSPS) is 11.0. The first kappa shape index (κ1) is 12.6. The van der Waals surface area contributed by atoms with Crippen LogP contribution in [-0.2, 0) is 6.42 Å². The summed E-state index contributed by atoms with van der Waals surface area (Å²) in [6.07, 6.45) is 3.24. The Hall–Kier alpha value is -0.500. The van der Waals surface area contributed by atoms with Crippen LogP contribution in [0, 0.1) is 0 Å². The van der Waals surface area contributed by atoms with E-state index in [1.807, 2.05) is 6.07 Å². The molecule has 0 spiro atoms. The standard InChI is InChI=1S/C13H19BrO/c1-4-5-6-10-7-12(14)11(9(2)3)8-13(10)15/h7-9,15H,4-6H2,1-3H3. The van der Waals surface area contributed by atoms with Gasteiger partial charge in [-0.15, -0.1) is 0 Å². The Bertz CT molecular complexity index is 332. The maximum absolute atomic E-state index is 9.87. The van der Waals surface area contributed by atoms with Gasteiger partial charge in [0.2, 0.25) is 0 Å². The van der Waals surface area contributed by atoms with E-state index in [4.69, 9.17) is 0 Å². The lowest BCUT2D eigenvalue weighted by Gasteiger charge is -2.12. The maximum atomic E-state index is 9.87. The second-order valence-electron chi connectivity index (χ2n) is 4.26. The third kappa shape index (κ3) is 3.23. The molecule has 0 fully saturated rings. The topological polar surface area (TPSA) is 20.2 Å². The van der Waals surface area contributed by atoms with E-state index >= 15 is 0 Å². The van der Waals surface area contributed by atoms with Crippen molar-refractivity contribution in [1.82, 2.24) is 0 Å². The average molecular weight is 271 g/mol. The minimum absolute atomic E-state index is 0.436. The minimum Gasteiger partial charge on any atom is -0.508 e. The van der Waals surface area contributed by atoms with Gasteiger partial charge in [-0.05, 0) is 42.0 Å². The Kier molecular flexibility index (Phi) is 4.65. The third-order valence-electron chi connectivity index (χ3n) is 2.62. The molecule has 0 saturated carbocycles. The number of aromatic hydroxyl groups is 1.